The van der Waals surface area contributed by atoms with Gasteiger partial charge >= 0.3 is 6.03 Å². The van der Waals surface area contributed by atoms with E-state index in [2.05, 4.69) is 15.0 Å². The molecule has 0 saturated carbocycles. The molecule has 3 aromatic rings. The number of fused-ring (bicyclic) bond motifs is 1. The van der Waals surface area contributed by atoms with Gasteiger partial charge in [0.05, 0.1) is 17.9 Å². The first-order valence-corrected chi connectivity index (χ1v) is 8.90. The van der Waals surface area contributed by atoms with Crippen molar-refractivity contribution in [3.05, 3.63) is 53.2 Å². The monoisotopic (exact) mass is 365 g/mol. The summed E-state index contributed by atoms with van der Waals surface area (Å²) in [6, 6.07) is 7.28. The molecule has 0 aliphatic carbocycles. The molecule has 3 aromatic heterocycles. The van der Waals surface area contributed by atoms with Crippen LogP contribution in [0.2, 0.25) is 0 Å². The van der Waals surface area contributed by atoms with Crippen LogP contribution in [0.3, 0.4) is 0 Å². The summed E-state index contributed by atoms with van der Waals surface area (Å²) >= 11 is 0. The van der Waals surface area contributed by atoms with Gasteiger partial charge in [0, 0.05) is 51.7 Å². The van der Waals surface area contributed by atoms with Crippen molar-refractivity contribution in [3.63, 3.8) is 0 Å². The van der Waals surface area contributed by atoms with Crippen molar-refractivity contribution >= 4 is 23.2 Å². The Bertz CT molecular complexity index is 1080. The number of hydrogen-bond acceptors (Lipinski definition) is 5. The summed E-state index contributed by atoms with van der Waals surface area (Å²) in [7, 11) is 1.80. The quantitative estimate of drug-likeness (QED) is 0.687. The lowest BCUT2D eigenvalue weighted by Crippen LogP contribution is -2.48. The second kappa shape index (κ2) is 5.83. The molecular weight excluding hydrogens is 346 g/mol. The predicted octanol–water partition coefficient (Wildman–Crippen LogP) is 0.824. The van der Waals surface area contributed by atoms with Crippen LogP contribution >= 0.6 is 0 Å². The molecule has 2 aliphatic rings. The molecule has 0 bridgehead atoms. The zero-order chi connectivity index (χ0) is 18.5. The first kappa shape index (κ1) is 15.9. The molecule has 138 valence electrons. The Morgan fingerprint density at radius 1 is 1.15 bits per heavy atom. The molecule has 2 fully saturated rings. The van der Waals surface area contributed by atoms with Gasteiger partial charge in [-0.1, -0.05) is 6.07 Å². The average Bonchev–Trinajstić information content (AvgIpc) is 3.22. The predicted molar refractivity (Wildman–Crippen MR) is 100 cm³/mol. The minimum atomic E-state index is -0.0860. The first-order chi connectivity index (χ1) is 13.1. The summed E-state index contributed by atoms with van der Waals surface area (Å²) in [6.07, 6.45) is 5.37. The number of anilines is 2. The molecule has 2 amide bonds. The maximum absolute atomic E-state index is 12.2. The number of hydrogen-bond donors (Lipinski definition) is 0. The Balaban J connectivity index is 1.31. The van der Waals surface area contributed by atoms with Gasteiger partial charge in [-0.15, -0.1) is 0 Å². The van der Waals surface area contributed by atoms with Crippen LogP contribution in [-0.4, -0.2) is 63.3 Å². The lowest BCUT2D eigenvalue weighted by molar-refractivity contribution is 0.229. The minimum absolute atomic E-state index is 0.00521. The van der Waals surface area contributed by atoms with E-state index in [1.165, 1.54) is 4.40 Å². The van der Waals surface area contributed by atoms with E-state index in [1.54, 1.807) is 35.3 Å². The Morgan fingerprint density at radius 3 is 2.78 bits per heavy atom. The molecule has 0 spiro atoms. The highest BCUT2D eigenvalue weighted by Crippen LogP contribution is 2.27. The minimum Gasteiger partial charge on any atom is -0.352 e. The van der Waals surface area contributed by atoms with E-state index in [4.69, 9.17) is 0 Å². The second-order valence-electron chi connectivity index (χ2n) is 6.97. The summed E-state index contributed by atoms with van der Waals surface area (Å²) in [5.41, 5.74) is 1.38. The summed E-state index contributed by atoms with van der Waals surface area (Å²) in [6.45, 7) is 2.86. The number of pyridine rings is 1. The zero-order valence-electron chi connectivity index (χ0n) is 14.9. The number of urea groups is 1. The second-order valence-corrected chi connectivity index (χ2v) is 6.97. The molecular formula is C18H19N7O2. The number of carbonyl (C=O) groups is 1. The molecule has 2 aliphatic heterocycles. The van der Waals surface area contributed by atoms with E-state index >= 15 is 0 Å². The highest BCUT2D eigenvalue weighted by atomic mass is 16.2. The molecule has 0 atom stereocenters. The molecule has 0 radical (unpaired) electrons. The first-order valence-electron chi connectivity index (χ1n) is 8.90. The third kappa shape index (κ3) is 2.54. The smallest absolute Gasteiger partial charge is 0.324 e. The van der Waals surface area contributed by atoms with Crippen LogP contribution in [0.15, 0.2) is 47.7 Å². The molecule has 27 heavy (non-hydrogen) atoms. The number of carbonyl (C=O) groups excluding carboxylic acids is 1. The fourth-order valence-electron chi connectivity index (χ4n) is 3.57. The number of amides is 2. The largest absolute Gasteiger partial charge is 0.352 e. The van der Waals surface area contributed by atoms with E-state index < -0.39 is 0 Å². The van der Waals surface area contributed by atoms with Crippen LogP contribution in [0.4, 0.5) is 16.3 Å². The highest BCUT2D eigenvalue weighted by molar-refractivity contribution is 5.93. The third-order valence-corrected chi connectivity index (χ3v) is 5.23. The van der Waals surface area contributed by atoms with Gasteiger partial charge in [0.15, 0.2) is 0 Å². The van der Waals surface area contributed by atoms with Crippen LogP contribution in [0.25, 0.3) is 5.65 Å². The van der Waals surface area contributed by atoms with Gasteiger partial charge in [-0.25, -0.2) is 9.78 Å². The summed E-state index contributed by atoms with van der Waals surface area (Å²) in [5, 5.41) is 4.43. The summed E-state index contributed by atoms with van der Waals surface area (Å²) in [4.78, 5) is 34.4. The highest BCUT2D eigenvalue weighted by Gasteiger charge is 2.32. The molecule has 5 heterocycles. The number of likely N-dealkylation sites (N-methyl/N-ethyl adjacent to an activating group) is 1. The fourth-order valence-corrected chi connectivity index (χ4v) is 3.57. The van der Waals surface area contributed by atoms with Crippen LogP contribution in [0, 0.1) is 0 Å². The van der Waals surface area contributed by atoms with Crippen LogP contribution < -0.4 is 15.4 Å². The Hall–Kier alpha value is -3.36. The topological polar surface area (TPSA) is 79.0 Å². The third-order valence-electron chi connectivity index (χ3n) is 5.23. The van der Waals surface area contributed by atoms with Crippen molar-refractivity contribution in [2.45, 2.75) is 6.04 Å². The van der Waals surface area contributed by atoms with E-state index in [0.29, 0.717) is 18.0 Å². The van der Waals surface area contributed by atoms with Gasteiger partial charge in [0.2, 0.25) is 0 Å². The van der Waals surface area contributed by atoms with E-state index in [1.807, 2.05) is 29.1 Å². The van der Waals surface area contributed by atoms with Crippen molar-refractivity contribution in [2.75, 3.05) is 43.0 Å². The van der Waals surface area contributed by atoms with E-state index in [-0.39, 0.29) is 17.6 Å². The lowest BCUT2D eigenvalue weighted by atomic mass is 10.1. The summed E-state index contributed by atoms with van der Waals surface area (Å²) in [5.74, 6) is 0.686. The Morgan fingerprint density at radius 2 is 2.00 bits per heavy atom. The lowest BCUT2D eigenvalue weighted by Gasteiger charge is -2.40. The molecule has 5 rings (SSSR count). The van der Waals surface area contributed by atoms with Crippen molar-refractivity contribution < 1.29 is 4.79 Å². The van der Waals surface area contributed by atoms with Crippen molar-refractivity contribution in [2.24, 2.45) is 0 Å². The SMILES string of the molecule is CN1CCN(c2cnn(C3CN(c4cc(=O)n5ccccc5n4)C3)c2)C1=O. The van der Waals surface area contributed by atoms with Crippen molar-refractivity contribution in [1.29, 1.82) is 0 Å². The van der Waals surface area contributed by atoms with Crippen molar-refractivity contribution in [1.82, 2.24) is 24.1 Å². The molecule has 2 saturated heterocycles. The van der Waals surface area contributed by atoms with E-state index in [9.17, 15) is 9.59 Å². The number of rotatable bonds is 3. The summed E-state index contributed by atoms with van der Waals surface area (Å²) < 4.78 is 3.43. The molecule has 0 aromatic carbocycles. The maximum atomic E-state index is 12.2. The van der Waals surface area contributed by atoms with Gasteiger partial charge in [-0.2, -0.15) is 5.10 Å². The van der Waals surface area contributed by atoms with Crippen LogP contribution in [0.1, 0.15) is 6.04 Å². The van der Waals surface area contributed by atoms with Gasteiger partial charge in [0.25, 0.3) is 5.56 Å². The van der Waals surface area contributed by atoms with E-state index in [0.717, 1.165) is 25.3 Å². The Kier molecular flexibility index (Phi) is 3.43. The van der Waals surface area contributed by atoms with Crippen molar-refractivity contribution in [3.8, 4) is 0 Å². The normalized spacial score (nSPS) is 17.8. The van der Waals surface area contributed by atoms with Gasteiger partial charge < -0.3 is 9.80 Å². The Labute approximate surface area is 155 Å². The van der Waals surface area contributed by atoms with Crippen LogP contribution in [0.5, 0.6) is 0 Å². The fraction of sp³-hybridized carbons (Fsp3) is 0.333. The zero-order valence-corrected chi connectivity index (χ0v) is 14.9. The standard InChI is InChI=1S/C18H19N7O2/c1-21-6-7-23(18(21)27)13-9-19-25(12-13)14-10-22(11-14)16-8-17(26)24-5-3-2-4-15(24)20-16/h2-5,8-9,12,14H,6-7,10-11H2,1H3. The van der Waals surface area contributed by atoms with Gasteiger partial charge in [0.1, 0.15) is 11.5 Å². The number of nitrogens with zero attached hydrogens (tertiary/aromatic N) is 7. The molecule has 0 unspecified atom stereocenters. The van der Waals surface area contributed by atoms with Gasteiger partial charge in [-0.3, -0.25) is 18.8 Å². The van der Waals surface area contributed by atoms with Gasteiger partial charge in [-0.05, 0) is 12.1 Å². The average molecular weight is 365 g/mol. The number of aromatic nitrogens is 4. The maximum Gasteiger partial charge on any atom is 0.324 e. The van der Waals surface area contributed by atoms with Crippen LogP contribution in [-0.2, 0) is 0 Å². The molecule has 9 nitrogen and oxygen atoms in total. The molecule has 9 heteroatoms. The molecule has 0 N–H and O–H groups in total.